The molecule has 16 heavy (non-hydrogen) atoms. The van der Waals surface area contributed by atoms with Gasteiger partial charge in [-0.1, -0.05) is 13.3 Å². The molecule has 0 aliphatic rings. The van der Waals surface area contributed by atoms with Crippen molar-refractivity contribution in [2.75, 3.05) is 25.0 Å². The molecule has 1 aromatic rings. The molecule has 1 aromatic heterocycles. The number of anilines is 1. The van der Waals surface area contributed by atoms with Gasteiger partial charge in [0.05, 0.1) is 6.61 Å². The topological polar surface area (TPSA) is 65.5 Å². The van der Waals surface area contributed by atoms with Crippen LogP contribution in [0.25, 0.3) is 0 Å². The predicted molar refractivity (Wildman–Crippen MR) is 64.7 cm³/mol. The van der Waals surface area contributed by atoms with Crippen LogP contribution in [0.15, 0.2) is 11.6 Å². The van der Waals surface area contributed by atoms with E-state index in [1.54, 1.807) is 16.5 Å². The SMILES string of the molecule is CCCCN(CCO)C(=O)Nc1nccs1. The fourth-order valence-electron chi connectivity index (χ4n) is 1.24. The number of hydrogen-bond donors (Lipinski definition) is 2. The molecule has 6 heteroatoms. The first kappa shape index (κ1) is 12.9. The van der Waals surface area contributed by atoms with Gasteiger partial charge in [-0.15, -0.1) is 11.3 Å². The third-order valence-corrected chi connectivity index (χ3v) is 2.77. The molecule has 0 saturated heterocycles. The van der Waals surface area contributed by atoms with E-state index in [0.717, 1.165) is 12.8 Å². The maximum atomic E-state index is 11.8. The molecular formula is C10H17N3O2S. The van der Waals surface area contributed by atoms with E-state index >= 15 is 0 Å². The van der Waals surface area contributed by atoms with Crippen molar-refractivity contribution in [2.45, 2.75) is 19.8 Å². The minimum Gasteiger partial charge on any atom is -0.395 e. The molecule has 0 radical (unpaired) electrons. The summed E-state index contributed by atoms with van der Waals surface area (Å²) in [7, 11) is 0. The van der Waals surface area contributed by atoms with Crippen LogP contribution in [0.3, 0.4) is 0 Å². The van der Waals surface area contributed by atoms with Gasteiger partial charge in [-0.25, -0.2) is 9.78 Å². The summed E-state index contributed by atoms with van der Waals surface area (Å²) < 4.78 is 0. The molecule has 0 bridgehead atoms. The molecule has 0 aliphatic carbocycles. The summed E-state index contributed by atoms with van der Waals surface area (Å²) in [6, 6.07) is -0.197. The number of carbonyl (C=O) groups excluding carboxylic acids is 1. The van der Waals surface area contributed by atoms with Gasteiger partial charge < -0.3 is 10.0 Å². The van der Waals surface area contributed by atoms with Gasteiger partial charge in [0, 0.05) is 24.7 Å². The summed E-state index contributed by atoms with van der Waals surface area (Å²) in [5, 5.41) is 14.0. The van der Waals surface area contributed by atoms with Crippen LogP contribution in [-0.2, 0) is 0 Å². The van der Waals surface area contributed by atoms with Crippen molar-refractivity contribution in [1.82, 2.24) is 9.88 Å². The average Bonchev–Trinajstić information content (AvgIpc) is 2.76. The minimum atomic E-state index is -0.197. The number of amides is 2. The molecule has 0 aromatic carbocycles. The van der Waals surface area contributed by atoms with Crippen LogP contribution in [-0.4, -0.2) is 40.7 Å². The zero-order valence-corrected chi connectivity index (χ0v) is 10.2. The number of nitrogens with zero attached hydrogens (tertiary/aromatic N) is 2. The van der Waals surface area contributed by atoms with Gasteiger partial charge in [-0.2, -0.15) is 0 Å². The van der Waals surface area contributed by atoms with Crippen molar-refractivity contribution in [1.29, 1.82) is 0 Å². The Labute approximate surface area is 99.1 Å². The third kappa shape index (κ3) is 4.16. The number of urea groups is 1. The number of aromatic nitrogens is 1. The van der Waals surface area contributed by atoms with Crippen LogP contribution in [0.4, 0.5) is 9.93 Å². The van der Waals surface area contributed by atoms with Crippen LogP contribution >= 0.6 is 11.3 Å². The largest absolute Gasteiger partial charge is 0.395 e. The van der Waals surface area contributed by atoms with E-state index in [2.05, 4.69) is 17.2 Å². The lowest BCUT2D eigenvalue weighted by Crippen LogP contribution is -2.37. The Morgan fingerprint density at radius 3 is 3.00 bits per heavy atom. The van der Waals surface area contributed by atoms with Gasteiger partial charge in [0.1, 0.15) is 0 Å². The molecule has 0 atom stereocenters. The van der Waals surface area contributed by atoms with Gasteiger partial charge in [0.2, 0.25) is 0 Å². The standard InChI is InChI=1S/C10H17N3O2S/c1-2-3-5-13(6-7-14)10(15)12-9-11-4-8-16-9/h4,8,14H,2-3,5-7H2,1H3,(H,11,12,15). The molecule has 0 aliphatic heterocycles. The molecule has 90 valence electrons. The summed E-state index contributed by atoms with van der Waals surface area (Å²) in [5.41, 5.74) is 0. The van der Waals surface area contributed by atoms with Gasteiger partial charge in [0.15, 0.2) is 5.13 Å². The number of unbranched alkanes of at least 4 members (excludes halogenated alkanes) is 1. The highest BCUT2D eigenvalue weighted by Crippen LogP contribution is 2.11. The minimum absolute atomic E-state index is 0.0188. The fraction of sp³-hybridized carbons (Fsp3) is 0.600. The zero-order valence-electron chi connectivity index (χ0n) is 9.35. The van der Waals surface area contributed by atoms with Crippen LogP contribution in [0.2, 0.25) is 0 Å². The number of aliphatic hydroxyl groups is 1. The lowest BCUT2D eigenvalue weighted by molar-refractivity contribution is 0.187. The highest BCUT2D eigenvalue weighted by atomic mass is 32.1. The highest BCUT2D eigenvalue weighted by Gasteiger charge is 2.12. The maximum Gasteiger partial charge on any atom is 0.323 e. The molecule has 2 N–H and O–H groups in total. The molecule has 0 saturated carbocycles. The summed E-state index contributed by atoms with van der Waals surface area (Å²) in [4.78, 5) is 17.4. The van der Waals surface area contributed by atoms with Crippen LogP contribution in [0, 0.1) is 0 Å². The van der Waals surface area contributed by atoms with Crippen molar-refractivity contribution >= 4 is 22.5 Å². The molecule has 0 unspecified atom stereocenters. The first-order chi connectivity index (χ1) is 7.77. The van der Waals surface area contributed by atoms with E-state index in [1.165, 1.54) is 11.3 Å². The first-order valence-corrected chi connectivity index (χ1v) is 6.22. The second kappa shape index (κ2) is 7.19. The van der Waals surface area contributed by atoms with Crippen LogP contribution < -0.4 is 5.32 Å². The van der Waals surface area contributed by atoms with Crippen LogP contribution in [0.1, 0.15) is 19.8 Å². The Morgan fingerprint density at radius 1 is 1.62 bits per heavy atom. The number of rotatable bonds is 6. The summed E-state index contributed by atoms with van der Waals surface area (Å²) in [6.07, 6.45) is 3.60. The van der Waals surface area contributed by atoms with E-state index in [0.29, 0.717) is 18.2 Å². The number of nitrogens with one attached hydrogen (secondary N) is 1. The second-order valence-corrected chi connectivity index (χ2v) is 4.23. The molecule has 1 heterocycles. The fourth-order valence-corrected chi connectivity index (χ4v) is 1.76. The monoisotopic (exact) mass is 243 g/mol. The molecular weight excluding hydrogens is 226 g/mol. The summed E-state index contributed by atoms with van der Waals surface area (Å²) in [6.45, 7) is 3.07. The maximum absolute atomic E-state index is 11.8. The lowest BCUT2D eigenvalue weighted by Gasteiger charge is -2.21. The number of carbonyl (C=O) groups is 1. The summed E-state index contributed by atoms with van der Waals surface area (Å²) >= 11 is 1.38. The van der Waals surface area contributed by atoms with E-state index in [4.69, 9.17) is 5.11 Å². The van der Waals surface area contributed by atoms with Crippen molar-refractivity contribution < 1.29 is 9.90 Å². The first-order valence-electron chi connectivity index (χ1n) is 5.34. The highest BCUT2D eigenvalue weighted by molar-refractivity contribution is 7.13. The number of thiazole rings is 1. The van der Waals surface area contributed by atoms with Gasteiger partial charge in [-0.05, 0) is 6.42 Å². The molecule has 0 fully saturated rings. The second-order valence-electron chi connectivity index (χ2n) is 3.33. The van der Waals surface area contributed by atoms with E-state index in [1.807, 2.05) is 0 Å². The summed E-state index contributed by atoms with van der Waals surface area (Å²) in [5.74, 6) is 0. The van der Waals surface area contributed by atoms with E-state index in [9.17, 15) is 4.79 Å². The van der Waals surface area contributed by atoms with Crippen LogP contribution in [0.5, 0.6) is 0 Å². The number of aliphatic hydroxyl groups excluding tert-OH is 1. The van der Waals surface area contributed by atoms with Crippen molar-refractivity contribution in [2.24, 2.45) is 0 Å². The van der Waals surface area contributed by atoms with Crippen molar-refractivity contribution in [3.8, 4) is 0 Å². The Bertz CT molecular complexity index is 303. The molecule has 2 amide bonds. The van der Waals surface area contributed by atoms with Gasteiger partial charge in [0.25, 0.3) is 0 Å². The van der Waals surface area contributed by atoms with Gasteiger partial charge in [-0.3, -0.25) is 5.32 Å². The van der Waals surface area contributed by atoms with E-state index in [-0.39, 0.29) is 12.6 Å². The zero-order chi connectivity index (χ0) is 11.8. The Balaban J connectivity index is 2.46. The number of hydrogen-bond acceptors (Lipinski definition) is 4. The smallest absolute Gasteiger partial charge is 0.323 e. The van der Waals surface area contributed by atoms with Crippen molar-refractivity contribution in [3.05, 3.63) is 11.6 Å². The Hall–Kier alpha value is -1.14. The van der Waals surface area contributed by atoms with E-state index < -0.39 is 0 Å². The van der Waals surface area contributed by atoms with Gasteiger partial charge >= 0.3 is 6.03 Å². The average molecular weight is 243 g/mol. The predicted octanol–water partition coefficient (Wildman–Crippen LogP) is 1.77. The third-order valence-electron chi connectivity index (χ3n) is 2.08. The lowest BCUT2D eigenvalue weighted by atomic mass is 10.3. The Kier molecular flexibility index (Phi) is 5.81. The quantitative estimate of drug-likeness (QED) is 0.800. The normalized spacial score (nSPS) is 10.1. The Morgan fingerprint density at radius 2 is 2.44 bits per heavy atom. The molecule has 1 rings (SSSR count). The van der Waals surface area contributed by atoms with Crippen molar-refractivity contribution in [3.63, 3.8) is 0 Å². The molecule has 5 nitrogen and oxygen atoms in total. The molecule has 0 spiro atoms.